The van der Waals surface area contributed by atoms with Crippen LogP contribution >= 0.6 is 23.5 Å². The first kappa shape index (κ1) is 23.6. The molecule has 2 aromatic rings. The lowest BCUT2D eigenvalue weighted by molar-refractivity contribution is -0.129. The van der Waals surface area contributed by atoms with Crippen molar-refractivity contribution in [1.29, 1.82) is 0 Å². The molecule has 5 saturated carbocycles. The lowest BCUT2D eigenvalue weighted by atomic mass is 9.64. The van der Waals surface area contributed by atoms with Gasteiger partial charge in [-0.3, -0.25) is 9.59 Å². The highest BCUT2D eigenvalue weighted by Gasteiger charge is 2.61. The SMILES string of the molecule is O=C1C2CC(Sc3ccccc3)CCC2C2CC3C(CC12)C(=O)C1CC(Sc2ccccc2)CCC13. The highest BCUT2D eigenvalue weighted by atomic mass is 32.2. The maximum atomic E-state index is 13.7. The summed E-state index contributed by atoms with van der Waals surface area (Å²) in [4.78, 5) is 30.1. The van der Waals surface area contributed by atoms with Gasteiger partial charge >= 0.3 is 0 Å². The fourth-order valence-electron chi connectivity index (χ4n) is 9.00. The third-order valence-electron chi connectivity index (χ3n) is 10.5. The fourth-order valence-corrected chi connectivity index (χ4v) is 11.5. The predicted octanol–water partition coefficient (Wildman–Crippen LogP) is 7.56. The van der Waals surface area contributed by atoms with Crippen molar-refractivity contribution in [1.82, 2.24) is 0 Å². The lowest BCUT2D eigenvalue weighted by Gasteiger charge is -2.40. The summed E-state index contributed by atoms with van der Waals surface area (Å²) in [5, 5.41) is 1.11. The van der Waals surface area contributed by atoms with Crippen molar-refractivity contribution in [2.24, 2.45) is 47.3 Å². The molecule has 0 amide bonds. The van der Waals surface area contributed by atoms with Gasteiger partial charge in [0.05, 0.1) is 0 Å². The summed E-state index contributed by atoms with van der Waals surface area (Å²) in [6.07, 6.45) is 8.99. The highest BCUT2D eigenvalue weighted by Crippen LogP contribution is 2.62. The highest BCUT2D eigenvalue weighted by molar-refractivity contribution is 8.00. The van der Waals surface area contributed by atoms with E-state index in [0.717, 1.165) is 25.7 Å². The average molecular weight is 517 g/mol. The molecule has 188 valence electrons. The van der Waals surface area contributed by atoms with Gasteiger partial charge in [-0.25, -0.2) is 0 Å². The molecule has 0 radical (unpaired) electrons. The Bertz CT molecular complexity index is 1030. The lowest BCUT2D eigenvalue weighted by Crippen LogP contribution is -2.35. The smallest absolute Gasteiger partial charge is 0.139 e. The van der Waals surface area contributed by atoms with Crippen LogP contribution < -0.4 is 0 Å². The van der Waals surface area contributed by atoms with E-state index in [-0.39, 0.29) is 23.7 Å². The van der Waals surface area contributed by atoms with E-state index in [2.05, 4.69) is 60.7 Å². The summed E-state index contributed by atoms with van der Waals surface area (Å²) in [6.45, 7) is 0. The van der Waals surface area contributed by atoms with Crippen LogP contribution in [0, 0.1) is 47.3 Å². The van der Waals surface area contributed by atoms with Crippen LogP contribution in [-0.4, -0.2) is 22.1 Å². The fraction of sp³-hybridized carbons (Fsp3) is 0.562. The van der Waals surface area contributed by atoms with Crippen LogP contribution in [0.25, 0.3) is 0 Å². The van der Waals surface area contributed by atoms with E-state index in [0.29, 0.717) is 45.7 Å². The molecule has 0 bridgehead atoms. The van der Waals surface area contributed by atoms with Crippen molar-refractivity contribution in [2.75, 3.05) is 0 Å². The Balaban J connectivity index is 1.03. The second-order valence-electron chi connectivity index (χ2n) is 12.1. The third kappa shape index (κ3) is 4.11. The van der Waals surface area contributed by atoms with Gasteiger partial charge in [0.25, 0.3) is 0 Å². The summed E-state index contributed by atoms with van der Waals surface area (Å²) in [7, 11) is 0. The Morgan fingerprint density at radius 1 is 0.472 bits per heavy atom. The summed E-state index contributed by atoms with van der Waals surface area (Å²) < 4.78 is 0. The first-order valence-corrected chi connectivity index (χ1v) is 15.9. The molecule has 7 rings (SSSR count). The van der Waals surface area contributed by atoms with Gasteiger partial charge in [0.2, 0.25) is 0 Å². The van der Waals surface area contributed by atoms with Gasteiger partial charge in [-0.15, -0.1) is 23.5 Å². The monoisotopic (exact) mass is 516 g/mol. The van der Waals surface area contributed by atoms with Crippen LogP contribution in [-0.2, 0) is 9.59 Å². The topological polar surface area (TPSA) is 34.1 Å². The second-order valence-corrected chi connectivity index (χ2v) is 14.8. The molecule has 5 aliphatic carbocycles. The van der Waals surface area contributed by atoms with Crippen molar-refractivity contribution in [3.63, 3.8) is 0 Å². The second kappa shape index (κ2) is 9.66. The largest absolute Gasteiger partial charge is 0.299 e. The zero-order chi connectivity index (χ0) is 24.2. The zero-order valence-electron chi connectivity index (χ0n) is 20.8. The minimum atomic E-state index is 0.167. The number of rotatable bonds is 4. The minimum Gasteiger partial charge on any atom is -0.299 e. The molecule has 36 heavy (non-hydrogen) atoms. The Labute approximate surface area is 223 Å². The molecule has 4 heteroatoms. The van der Waals surface area contributed by atoms with E-state index >= 15 is 0 Å². The van der Waals surface area contributed by atoms with Crippen LogP contribution in [0.4, 0.5) is 0 Å². The number of hydrogen-bond acceptors (Lipinski definition) is 4. The van der Waals surface area contributed by atoms with Gasteiger partial charge in [0.15, 0.2) is 0 Å². The number of Topliss-reactive ketones (excluding diaryl/α,β-unsaturated/α-hetero) is 2. The molecular formula is C32H36O2S2. The van der Waals surface area contributed by atoms with Crippen molar-refractivity contribution in [3.8, 4) is 0 Å². The van der Waals surface area contributed by atoms with E-state index in [1.54, 1.807) is 0 Å². The average Bonchev–Trinajstić information content (AvgIpc) is 3.34. The molecule has 5 fully saturated rings. The van der Waals surface area contributed by atoms with Crippen LogP contribution in [0.1, 0.15) is 51.4 Å². The van der Waals surface area contributed by atoms with Crippen molar-refractivity contribution in [3.05, 3.63) is 60.7 Å². The van der Waals surface area contributed by atoms with Gasteiger partial charge in [-0.1, -0.05) is 36.4 Å². The number of benzene rings is 2. The number of ketones is 2. The summed E-state index contributed by atoms with van der Waals surface area (Å²) >= 11 is 3.95. The molecule has 0 heterocycles. The molecule has 5 aliphatic rings. The van der Waals surface area contributed by atoms with Gasteiger partial charge in [0.1, 0.15) is 11.6 Å². The van der Waals surface area contributed by atoms with Gasteiger partial charge in [0, 0.05) is 44.0 Å². The molecule has 10 atom stereocenters. The standard InChI is InChI=1S/C32H36O2S2/c33-31-27-15-21(35-19-7-3-1-4-8-19)11-13-23(27)25-17-26-24-14-12-22(36-20-9-5-2-6-10-20)16-28(24)32(34)30(26)18-29(25)31/h1-10,21-30H,11-18H2. The minimum absolute atomic E-state index is 0.167. The molecule has 0 N–H and O–H groups in total. The summed E-state index contributed by atoms with van der Waals surface area (Å²) in [5.41, 5.74) is 0. The molecule has 2 aromatic carbocycles. The molecule has 10 unspecified atom stereocenters. The van der Waals surface area contributed by atoms with E-state index in [9.17, 15) is 9.59 Å². The van der Waals surface area contributed by atoms with E-state index in [1.165, 1.54) is 35.5 Å². The maximum absolute atomic E-state index is 13.7. The number of fused-ring (bicyclic) bond motifs is 6. The number of carbonyl (C=O) groups is 2. The molecule has 0 spiro atoms. The Morgan fingerprint density at radius 3 is 1.33 bits per heavy atom. The molecular weight excluding hydrogens is 480 g/mol. The predicted molar refractivity (Wildman–Crippen MR) is 147 cm³/mol. The van der Waals surface area contributed by atoms with Gasteiger partial charge in [-0.05, 0) is 99.3 Å². The Morgan fingerprint density at radius 2 is 0.889 bits per heavy atom. The van der Waals surface area contributed by atoms with E-state index in [1.807, 2.05) is 23.5 Å². The summed E-state index contributed by atoms with van der Waals surface area (Å²) in [5.74, 6) is 4.15. The van der Waals surface area contributed by atoms with Gasteiger partial charge in [-0.2, -0.15) is 0 Å². The molecule has 0 aromatic heterocycles. The van der Waals surface area contributed by atoms with Crippen LogP contribution in [0.15, 0.2) is 70.5 Å². The van der Waals surface area contributed by atoms with E-state index in [4.69, 9.17) is 0 Å². The maximum Gasteiger partial charge on any atom is 0.139 e. The summed E-state index contributed by atoms with van der Waals surface area (Å²) in [6, 6.07) is 21.4. The Kier molecular flexibility index (Phi) is 6.33. The number of thioether (sulfide) groups is 2. The van der Waals surface area contributed by atoms with Crippen LogP contribution in [0.2, 0.25) is 0 Å². The third-order valence-corrected chi connectivity index (χ3v) is 13.1. The van der Waals surface area contributed by atoms with Crippen LogP contribution in [0.3, 0.4) is 0 Å². The van der Waals surface area contributed by atoms with Crippen molar-refractivity contribution in [2.45, 2.75) is 71.7 Å². The quantitative estimate of drug-likeness (QED) is 0.420. The molecule has 0 aliphatic heterocycles. The first-order valence-electron chi connectivity index (χ1n) is 14.2. The first-order chi connectivity index (χ1) is 17.7. The Hall–Kier alpha value is -1.52. The van der Waals surface area contributed by atoms with E-state index < -0.39 is 0 Å². The normalized spacial score (nSPS) is 41.3. The van der Waals surface area contributed by atoms with Crippen molar-refractivity contribution < 1.29 is 9.59 Å². The molecule has 2 nitrogen and oxygen atoms in total. The van der Waals surface area contributed by atoms with Crippen LogP contribution in [0.5, 0.6) is 0 Å². The van der Waals surface area contributed by atoms with Crippen molar-refractivity contribution >= 4 is 35.1 Å². The zero-order valence-corrected chi connectivity index (χ0v) is 22.5. The molecule has 0 saturated heterocycles. The number of hydrogen-bond donors (Lipinski definition) is 0. The van der Waals surface area contributed by atoms with Gasteiger partial charge < -0.3 is 0 Å². The number of carbonyl (C=O) groups excluding carboxylic acids is 2.